The van der Waals surface area contributed by atoms with Crippen molar-refractivity contribution in [3.63, 3.8) is 0 Å². The van der Waals surface area contributed by atoms with Crippen LogP contribution in [0.3, 0.4) is 0 Å². The molecule has 1 aromatic carbocycles. The number of hydrogen-bond acceptors (Lipinski definition) is 8. The molecule has 0 radical (unpaired) electrons. The van der Waals surface area contributed by atoms with Crippen LogP contribution in [0, 0.1) is 6.92 Å². The van der Waals surface area contributed by atoms with Gasteiger partial charge in [-0.1, -0.05) is 6.07 Å². The fourth-order valence-electron chi connectivity index (χ4n) is 3.32. The summed E-state index contributed by atoms with van der Waals surface area (Å²) >= 11 is 1.22. The van der Waals surface area contributed by atoms with Crippen molar-refractivity contribution in [2.75, 3.05) is 19.1 Å². The summed E-state index contributed by atoms with van der Waals surface area (Å²) in [7, 11) is 0. The zero-order valence-corrected chi connectivity index (χ0v) is 16.4. The summed E-state index contributed by atoms with van der Waals surface area (Å²) in [6.07, 6.45) is 0. The molecular formula is C20H18N2O5S. The number of fused-ring (bicyclic) bond motifs is 2. The fourth-order valence-corrected chi connectivity index (χ4v) is 4.37. The lowest BCUT2D eigenvalue weighted by molar-refractivity contribution is 0.0526. The average molecular weight is 398 g/mol. The number of rotatable bonds is 4. The summed E-state index contributed by atoms with van der Waals surface area (Å²) in [6.45, 7) is 5.32. The maximum Gasteiger partial charge on any atom is 0.340 e. The predicted octanol–water partition coefficient (Wildman–Crippen LogP) is 3.96. The van der Waals surface area contributed by atoms with E-state index in [4.69, 9.17) is 19.9 Å². The molecule has 2 aromatic heterocycles. The number of aromatic nitrogens is 1. The Hall–Kier alpha value is -3.13. The van der Waals surface area contributed by atoms with Gasteiger partial charge in [0.2, 0.25) is 6.79 Å². The summed E-state index contributed by atoms with van der Waals surface area (Å²) < 4.78 is 16.1. The molecule has 0 bridgehead atoms. The minimum atomic E-state index is -0.489. The molecule has 0 saturated carbocycles. The van der Waals surface area contributed by atoms with Crippen LogP contribution in [-0.4, -0.2) is 30.1 Å². The molecule has 0 atom stereocenters. The Kier molecular flexibility index (Phi) is 4.43. The summed E-state index contributed by atoms with van der Waals surface area (Å²) in [5.74, 6) is 0.575. The standard InChI is InChI=1S/C20H18N2O5S/c1-4-25-20(24)14-9(2)22-19-16(17(21)18(28-19)10(3)23)15(14)11-5-6-12-13(7-11)27-8-26-12/h5-7H,4,8,21H2,1-3H3. The topological polar surface area (TPSA) is 101 Å². The maximum absolute atomic E-state index is 12.8. The second-order valence-corrected chi connectivity index (χ2v) is 7.32. The number of nitrogen functional groups attached to an aromatic ring is 1. The molecule has 3 aromatic rings. The molecule has 0 saturated heterocycles. The highest BCUT2D eigenvalue weighted by atomic mass is 32.1. The second-order valence-electron chi connectivity index (χ2n) is 6.32. The van der Waals surface area contributed by atoms with Gasteiger partial charge in [0, 0.05) is 17.9 Å². The van der Waals surface area contributed by atoms with E-state index in [1.54, 1.807) is 26.0 Å². The van der Waals surface area contributed by atoms with Crippen LogP contribution in [0.15, 0.2) is 18.2 Å². The number of esters is 1. The number of pyridine rings is 1. The molecular weight excluding hydrogens is 380 g/mol. The fraction of sp³-hybridized carbons (Fsp3) is 0.250. The van der Waals surface area contributed by atoms with Crippen molar-refractivity contribution in [1.29, 1.82) is 0 Å². The van der Waals surface area contributed by atoms with Gasteiger partial charge in [0.15, 0.2) is 17.3 Å². The largest absolute Gasteiger partial charge is 0.462 e. The molecule has 0 aliphatic carbocycles. The van der Waals surface area contributed by atoms with Crippen LogP contribution in [0.5, 0.6) is 11.5 Å². The lowest BCUT2D eigenvalue weighted by Gasteiger charge is -2.14. The molecule has 0 fully saturated rings. The van der Waals surface area contributed by atoms with Gasteiger partial charge < -0.3 is 19.9 Å². The Morgan fingerprint density at radius 2 is 2.04 bits per heavy atom. The predicted molar refractivity (Wildman–Crippen MR) is 106 cm³/mol. The molecule has 0 unspecified atom stereocenters. The van der Waals surface area contributed by atoms with Gasteiger partial charge in [-0.05, 0) is 31.5 Å². The minimum absolute atomic E-state index is 0.142. The summed E-state index contributed by atoms with van der Waals surface area (Å²) in [4.78, 5) is 30.3. The zero-order chi connectivity index (χ0) is 20.0. The van der Waals surface area contributed by atoms with Gasteiger partial charge >= 0.3 is 5.97 Å². The Labute approximate surface area is 165 Å². The van der Waals surface area contributed by atoms with Crippen molar-refractivity contribution in [3.8, 4) is 22.6 Å². The molecule has 1 aliphatic heterocycles. The van der Waals surface area contributed by atoms with Crippen LogP contribution < -0.4 is 15.2 Å². The first-order valence-electron chi connectivity index (χ1n) is 8.73. The van der Waals surface area contributed by atoms with Crippen LogP contribution in [0.25, 0.3) is 21.3 Å². The number of anilines is 1. The number of aryl methyl sites for hydroxylation is 1. The molecule has 0 amide bonds. The number of ether oxygens (including phenoxy) is 3. The number of carbonyl (C=O) groups excluding carboxylic acids is 2. The number of Topliss-reactive ketones (excluding diaryl/α,β-unsaturated/α-hetero) is 1. The minimum Gasteiger partial charge on any atom is -0.462 e. The Bertz CT molecular complexity index is 1140. The number of benzene rings is 1. The number of carbonyl (C=O) groups is 2. The van der Waals surface area contributed by atoms with E-state index in [1.807, 2.05) is 6.07 Å². The first kappa shape index (κ1) is 18.2. The quantitative estimate of drug-likeness (QED) is 0.524. The van der Waals surface area contributed by atoms with E-state index in [0.717, 1.165) is 0 Å². The van der Waals surface area contributed by atoms with Gasteiger partial charge in [0.1, 0.15) is 4.83 Å². The molecule has 144 valence electrons. The molecule has 28 heavy (non-hydrogen) atoms. The van der Waals surface area contributed by atoms with Crippen LogP contribution in [-0.2, 0) is 4.74 Å². The lowest BCUT2D eigenvalue weighted by Crippen LogP contribution is -2.10. The molecule has 7 nitrogen and oxygen atoms in total. The van der Waals surface area contributed by atoms with Crippen LogP contribution in [0.1, 0.15) is 39.6 Å². The SMILES string of the molecule is CCOC(=O)c1c(C)nc2sc(C(C)=O)c(N)c2c1-c1ccc2c(c1)OCO2. The summed E-state index contributed by atoms with van der Waals surface area (Å²) in [5.41, 5.74) is 8.77. The first-order chi connectivity index (χ1) is 13.4. The molecule has 4 rings (SSSR count). The molecule has 1 aliphatic rings. The molecule has 8 heteroatoms. The summed E-state index contributed by atoms with van der Waals surface area (Å²) in [5, 5.41) is 0.572. The van der Waals surface area contributed by atoms with Gasteiger partial charge in [-0.3, -0.25) is 4.79 Å². The van der Waals surface area contributed by atoms with E-state index < -0.39 is 5.97 Å². The number of hydrogen-bond donors (Lipinski definition) is 1. The Morgan fingerprint density at radius 1 is 1.29 bits per heavy atom. The van der Waals surface area contributed by atoms with Crippen LogP contribution in [0.2, 0.25) is 0 Å². The number of nitrogens with two attached hydrogens (primary N) is 1. The van der Waals surface area contributed by atoms with Crippen LogP contribution >= 0.6 is 11.3 Å². The van der Waals surface area contributed by atoms with Gasteiger partial charge in [0.25, 0.3) is 0 Å². The van der Waals surface area contributed by atoms with E-state index >= 15 is 0 Å². The van der Waals surface area contributed by atoms with Crippen molar-refractivity contribution in [2.24, 2.45) is 0 Å². The number of thiophene rings is 1. The second kappa shape index (κ2) is 6.79. The first-order valence-corrected chi connectivity index (χ1v) is 9.54. The third kappa shape index (κ3) is 2.77. The van der Waals surface area contributed by atoms with Gasteiger partial charge in [-0.25, -0.2) is 9.78 Å². The van der Waals surface area contributed by atoms with E-state index in [9.17, 15) is 9.59 Å². The third-order valence-electron chi connectivity index (χ3n) is 4.52. The highest BCUT2D eigenvalue weighted by Gasteiger charge is 2.27. The number of nitrogens with zero attached hydrogens (tertiary/aromatic N) is 1. The lowest BCUT2D eigenvalue weighted by atomic mass is 9.95. The Balaban J connectivity index is 2.09. The maximum atomic E-state index is 12.8. The van der Waals surface area contributed by atoms with Crippen LogP contribution in [0.4, 0.5) is 5.69 Å². The zero-order valence-electron chi connectivity index (χ0n) is 15.6. The van der Waals surface area contributed by atoms with Crippen molar-refractivity contribution < 1.29 is 23.8 Å². The monoisotopic (exact) mass is 398 g/mol. The summed E-state index contributed by atoms with van der Waals surface area (Å²) in [6, 6.07) is 5.40. The third-order valence-corrected chi connectivity index (χ3v) is 5.72. The van der Waals surface area contributed by atoms with Gasteiger partial charge in [-0.2, -0.15) is 0 Å². The molecule has 0 spiro atoms. The highest BCUT2D eigenvalue weighted by molar-refractivity contribution is 7.21. The van der Waals surface area contributed by atoms with Crippen molar-refractivity contribution >= 4 is 39.0 Å². The van der Waals surface area contributed by atoms with E-state index in [0.29, 0.717) is 54.7 Å². The van der Waals surface area contributed by atoms with Crippen molar-refractivity contribution in [3.05, 3.63) is 34.3 Å². The average Bonchev–Trinajstić information content (AvgIpc) is 3.24. The van der Waals surface area contributed by atoms with Crippen molar-refractivity contribution in [1.82, 2.24) is 4.98 Å². The normalized spacial score (nSPS) is 12.4. The Morgan fingerprint density at radius 3 is 2.75 bits per heavy atom. The van der Waals surface area contributed by atoms with Gasteiger partial charge in [0.05, 0.1) is 28.4 Å². The number of ketones is 1. The van der Waals surface area contributed by atoms with E-state index in [2.05, 4.69) is 4.98 Å². The highest BCUT2D eigenvalue weighted by Crippen LogP contribution is 2.44. The van der Waals surface area contributed by atoms with E-state index in [-0.39, 0.29) is 19.2 Å². The molecule has 2 N–H and O–H groups in total. The smallest absolute Gasteiger partial charge is 0.340 e. The van der Waals surface area contributed by atoms with Gasteiger partial charge in [-0.15, -0.1) is 11.3 Å². The van der Waals surface area contributed by atoms with Crippen molar-refractivity contribution in [2.45, 2.75) is 20.8 Å². The van der Waals surface area contributed by atoms with E-state index in [1.165, 1.54) is 18.3 Å². The molecule has 3 heterocycles.